The molecule has 5 atom stereocenters. The Hall–Kier alpha value is -4.50. The molecule has 55 heavy (non-hydrogen) atoms. The number of benzene rings is 2. The van der Waals surface area contributed by atoms with Crippen LogP contribution in [-0.4, -0.2) is 88.2 Å². The number of amides is 1. The zero-order valence-corrected chi connectivity index (χ0v) is 30.4. The van der Waals surface area contributed by atoms with Crippen molar-refractivity contribution in [1.29, 1.82) is 5.26 Å². The summed E-state index contributed by atoms with van der Waals surface area (Å²) in [5.41, 5.74) is 1.50. The van der Waals surface area contributed by atoms with Crippen LogP contribution in [0.25, 0.3) is 32.1 Å². The average molecular weight is 794 g/mol. The van der Waals surface area contributed by atoms with Crippen LogP contribution in [0.1, 0.15) is 57.1 Å². The standard InChI is InChI=1S/C37H35F8N7O2S/c1-3-51(19-9-17(2)52(15-19)33(53)24-12-36(24,41)42)32-21-10-23(37(43,44)45)27(20-5-6-25(39)30-26(20)22(13-46)31(47)55-30)28(40)29(21)48-34(49-32)54-16-35-7-4-8-50(35)14-18(38)11-35/h5-6,10,17-19,24H,3-4,7-9,11-12,14-16,47H2,1-2H3. The number of carbonyl (C=O) groups is 1. The van der Waals surface area contributed by atoms with Crippen LogP contribution in [0.3, 0.4) is 0 Å². The Morgan fingerprint density at radius 1 is 1.20 bits per heavy atom. The summed E-state index contributed by atoms with van der Waals surface area (Å²) in [6, 6.07) is 2.79. The van der Waals surface area contributed by atoms with Crippen LogP contribution in [0.15, 0.2) is 18.2 Å². The van der Waals surface area contributed by atoms with Crippen LogP contribution in [0.4, 0.5) is 45.9 Å². The van der Waals surface area contributed by atoms with Gasteiger partial charge in [0.15, 0.2) is 5.82 Å². The lowest BCUT2D eigenvalue weighted by molar-refractivity contribution is -0.137. The number of rotatable bonds is 8. The zero-order valence-electron chi connectivity index (χ0n) is 29.6. The first-order valence-corrected chi connectivity index (χ1v) is 18.8. The highest BCUT2D eigenvalue weighted by Gasteiger charge is 2.63. The van der Waals surface area contributed by atoms with Crippen molar-refractivity contribution >= 4 is 49.1 Å². The maximum absolute atomic E-state index is 17.3. The van der Waals surface area contributed by atoms with Gasteiger partial charge in [0, 0.05) is 60.9 Å². The number of halogens is 8. The van der Waals surface area contributed by atoms with Crippen molar-refractivity contribution in [3.63, 3.8) is 0 Å². The molecule has 0 radical (unpaired) electrons. The number of nitrogens with two attached hydrogens (primary N) is 1. The number of fused-ring (bicyclic) bond motifs is 3. The van der Waals surface area contributed by atoms with Crippen molar-refractivity contribution in [3.8, 4) is 23.2 Å². The highest BCUT2D eigenvalue weighted by molar-refractivity contribution is 7.23. The summed E-state index contributed by atoms with van der Waals surface area (Å²) in [5, 5.41) is 9.06. The molecule has 1 amide bonds. The molecule has 18 heteroatoms. The molecule has 1 saturated carbocycles. The van der Waals surface area contributed by atoms with Gasteiger partial charge in [-0.15, -0.1) is 11.3 Å². The molecule has 8 rings (SSSR count). The second-order valence-electron chi connectivity index (χ2n) is 15.0. The number of thiophene rings is 1. The van der Waals surface area contributed by atoms with E-state index in [1.807, 2.05) is 4.90 Å². The van der Waals surface area contributed by atoms with Crippen LogP contribution < -0.4 is 15.4 Å². The summed E-state index contributed by atoms with van der Waals surface area (Å²) < 4.78 is 126. The summed E-state index contributed by atoms with van der Waals surface area (Å²) in [6.07, 6.45) is -5.04. The van der Waals surface area contributed by atoms with E-state index in [2.05, 4.69) is 9.97 Å². The van der Waals surface area contributed by atoms with E-state index in [0.29, 0.717) is 30.4 Å². The molecule has 3 aliphatic heterocycles. The van der Waals surface area contributed by atoms with Gasteiger partial charge in [0.25, 0.3) is 5.92 Å². The lowest BCUT2D eigenvalue weighted by atomic mass is 9.92. The van der Waals surface area contributed by atoms with Gasteiger partial charge in [-0.1, -0.05) is 6.07 Å². The van der Waals surface area contributed by atoms with E-state index in [1.165, 1.54) is 4.90 Å². The molecule has 292 valence electrons. The predicted octanol–water partition coefficient (Wildman–Crippen LogP) is 7.69. The first kappa shape index (κ1) is 37.4. The SMILES string of the molecule is CCN(c1nc(OCC23CCCN2CC(F)C3)nc2c(F)c(-c3ccc(F)c4sc(N)c(C#N)c34)c(C(F)(F)F)cc12)C1CC(C)N(C(=O)C2CC2(F)F)C1. The van der Waals surface area contributed by atoms with Crippen LogP contribution in [0.2, 0.25) is 0 Å². The molecule has 5 heterocycles. The maximum atomic E-state index is 17.3. The number of aromatic nitrogens is 2. The van der Waals surface area contributed by atoms with Crippen molar-refractivity contribution < 1.29 is 44.7 Å². The van der Waals surface area contributed by atoms with E-state index in [4.69, 9.17) is 10.5 Å². The number of alkyl halides is 6. The van der Waals surface area contributed by atoms with E-state index in [9.17, 15) is 27.6 Å². The summed E-state index contributed by atoms with van der Waals surface area (Å²) in [7, 11) is 0. The molecule has 3 saturated heterocycles. The van der Waals surface area contributed by atoms with E-state index in [0.717, 1.165) is 18.6 Å². The summed E-state index contributed by atoms with van der Waals surface area (Å²) in [4.78, 5) is 26.8. The van der Waals surface area contributed by atoms with E-state index >= 15 is 17.6 Å². The number of nitrogen functional groups attached to an aromatic ring is 1. The molecule has 0 bridgehead atoms. The minimum atomic E-state index is -5.19. The van der Waals surface area contributed by atoms with Gasteiger partial charge in [-0.2, -0.15) is 28.4 Å². The number of carbonyl (C=O) groups excluding carboxylic acids is 1. The quantitative estimate of drug-likeness (QED) is 0.181. The Kier molecular flexibility index (Phi) is 8.87. The van der Waals surface area contributed by atoms with Gasteiger partial charge in [-0.25, -0.2) is 22.0 Å². The van der Waals surface area contributed by atoms with Crippen molar-refractivity contribution in [1.82, 2.24) is 19.8 Å². The van der Waals surface area contributed by atoms with Gasteiger partial charge in [0.1, 0.15) is 46.9 Å². The van der Waals surface area contributed by atoms with Gasteiger partial charge in [-0.3, -0.25) is 9.69 Å². The fraction of sp³-hybridized carbons (Fsp3) is 0.514. The average Bonchev–Trinajstić information content (AvgIpc) is 3.52. The summed E-state index contributed by atoms with van der Waals surface area (Å²) in [6.45, 7) is 4.18. The Labute approximate surface area is 313 Å². The first-order chi connectivity index (χ1) is 26.0. The monoisotopic (exact) mass is 793 g/mol. The third-order valence-electron chi connectivity index (χ3n) is 11.6. The summed E-state index contributed by atoms with van der Waals surface area (Å²) in [5.74, 6) is -7.74. The van der Waals surface area contributed by atoms with Crippen molar-refractivity contribution in [2.45, 2.75) is 81.8 Å². The zero-order chi connectivity index (χ0) is 39.4. The molecular weight excluding hydrogens is 759 g/mol. The lowest BCUT2D eigenvalue weighted by Crippen LogP contribution is -2.43. The number of anilines is 2. The molecule has 4 aromatic rings. The first-order valence-electron chi connectivity index (χ1n) is 18.0. The normalized spacial score (nSPS) is 26.2. The molecule has 4 fully saturated rings. The third kappa shape index (κ3) is 6.08. The fourth-order valence-electron chi connectivity index (χ4n) is 8.92. The Morgan fingerprint density at radius 3 is 2.62 bits per heavy atom. The maximum Gasteiger partial charge on any atom is 0.417 e. The number of hydrogen-bond acceptors (Lipinski definition) is 9. The summed E-state index contributed by atoms with van der Waals surface area (Å²) >= 11 is 0.645. The van der Waals surface area contributed by atoms with Crippen molar-refractivity contribution in [3.05, 3.63) is 41.0 Å². The van der Waals surface area contributed by atoms with Gasteiger partial charge in [0.2, 0.25) is 5.91 Å². The lowest BCUT2D eigenvalue weighted by Gasteiger charge is -2.32. The molecule has 5 unspecified atom stereocenters. The minimum Gasteiger partial charge on any atom is -0.461 e. The molecule has 1 aliphatic carbocycles. The molecule has 2 aromatic heterocycles. The van der Waals surface area contributed by atoms with Gasteiger partial charge in [-0.05, 0) is 57.4 Å². The largest absolute Gasteiger partial charge is 0.461 e. The smallest absolute Gasteiger partial charge is 0.417 e. The van der Waals surface area contributed by atoms with Gasteiger partial charge < -0.3 is 20.3 Å². The van der Waals surface area contributed by atoms with Gasteiger partial charge >= 0.3 is 12.2 Å². The van der Waals surface area contributed by atoms with Crippen LogP contribution in [0, 0.1) is 28.9 Å². The Morgan fingerprint density at radius 2 is 1.95 bits per heavy atom. The van der Waals surface area contributed by atoms with Crippen LogP contribution in [0.5, 0.6) is 6.01 Å². The fourth-order valence-corrected chi connectivity index (χ4v) is 9.86. The number of nitrogens with zero attached hydrogens (tertiary/aromatic N) is 6. The second kappa shape index (κ2) is 13.0. The molecule has 2 aromatic carbocycles. The number of nitriles is 1. The van der Waals surface area contributed by atoms with E-state index < -0.39 is 94.0 Å². The number of ether oxygens (including phenoxy) is 1. The topological polar surface area (TPSA) is 112 Å². The van der Waals surface area contributed by atoms with Gasteiger partial charge in [0.05, 0.1) is 21.4 Å². The van der Waals surface area contributed by atoms with Crippen molar-refractivity contribution in [2.24, 2.45) is 5.92 Å². The van der Waals surface area contributed by atoms with E-state index in [1.54, 1.807) is 24.8 Å². The van der Waals surface area contributed by atoms with Crippen LogP contribution in [-0.2, 0) is 11.0 Å². The number of hydrogen-bond donors (Lipinski definition) is 1. The number of likely N-dealkylation sites (N-methyl/N-ethyl adjacent to an activating group) is 1. The molecule has 9 nitrogen and oxygen atoms in total. The van der Waals surface area contributed by atoms with Crippen molar-refractivity contribution in [2.75, 3.05) is 43.4 Å². The Bertz CT molecular complexity index is 2280. The van der Waals surface area contributed by atoms with Crippen LogP contribution >= 0.6 is 11.3 Å². The second-order valence-corrected chi connectivity index (χ2v) is 16.0. The molecular formula is C37H35F8N7O2S. The molecule has 4 aliphatic rings. The Balaban J connectivity index is 1.31. The minimum absolute atomic E-state index is 0.0468. The van der Waals surface area contributed by atoms with E-state index in [-0.39, 0.29) is 70.9 Å². The molecule has 0 spiro atoms. The third-order valence-corrected chi connectivity index (χ3v) is 12.7. The molecule has 2 N–H and O–H groups in total. The number of likely N-dealkylation sites (tertiary alicyclic amines) is 1. The highest BCUT2D eigenvalue weighted by atomic mass is 32.1. The predicted molar refractivity (Wildman–Crippen MR) is 189 cm³/mol. The highest BCUT2D eigenvalue weighted by Crippen LogP contribution is 2.51.